The fraction of sp³-hybridized carbons (Fsp3) is 0. The van der Waals surface area contributed by atoms with Crippen LogP contribution in [0, 0.1) is 0 Å². The number of anilines is 1. The van der Waals surface area contributed by atoms with Gasteiger partial charge in [-0.2, -0.15) is 0 Å². The fourth-order valence-electron chi connectivity index (χ4n) is 2.99. The molecule has 0 aliphatic heterocycles. The minimum atomic E-state index is -0.310. The van der Waals surface area contributed by atoms with Crippen LogP contribution in [0.15, 0.2) is 88.9 Å². The number of amides is 1. The van der Waals surface area contributed by atoms with Gasteiger partial charge in [0.05, 0.1) is 11.1 Å². The third-order valence-electron chi connectivity index (χ3n) is 4.50. The molecule has 3 aromatic heterocycles. The van der Waals surface area contributed by atoms with E-state index in [2.05, 4.69) is 5.32 Å². The molecule has 3 heterocycles. The summed E-state index contributed by atoms with van der Waals surface area (Å²) >= 11 is 8.91. The van der Waals surface area contributed by atoms with Crippen LogP contribution in [0.1, 0.15) is 10.6 Å². The highest BCUT2D eigenvalue weighted by atomic mass is 35.5. The van der Waals surface area contributed by atoms with Crippen LogP contribution in [0.2, 0.25) is 5.02 Å². The van der Waals surface area contributed by atoms with Crippen LogP contribution < -0.4 is 10.1 Å². The van der Waals surface area contributed by atoms with Crippen LogP contribution in [-0.2, 0) is 0 Å². The summed E-state index contributed by atoms with van der Waals surface area (Å²) in [4.78, 5) is 18.3. The molecule has 5 aromatic rings. The van der Waals surface area contributed by atoms with E-state index < -0.39 is 0 Å². The van der Waals surface area contributed by atoms with Crippen LogP contribution >= 0.6 is 34.3 Å². The topological polar surface area (TPSA) is 64.4 Å². The Hall–Kier alpha value is -3.39. The Morgan fingerprint density at radius 2 is 1.72 bits per heavy atom. The molecule has 0 fully saturated rings. The molecule has 0 atom stereocenters. The normalized spacial score (nSPS) is 10.8. The zero-order chi connectivity index (χ0) is 21.9. The SMILES string of the molecule is O=C(Nc1sc(-c2ccc(Oc3ccc(Cl)cc3)cc2)nc1-c1cccs1)c1ccco1. The van der Waals surface area contributed by atoms with Crippen molar-refractivity contribution in [3.63, 3.8) is 0 Å². The molecule has 158 valence electrons. The molecular weight excluding hydrogens is 464 g/mol. The number of aromatic nitrogens is 1. The van der Waals surface area contributed by atoms with Crippen molar-refractivity contribution in [1.29, 1.82) is 0 Å². The lowest BCUT2D eigenvalue weighted by Crippen LogP contribution is -2.10. The van der Waals surface area contributed by atoms with E-state index in [-0.39, 0.29) is 11.7 Å². The summed E-state index contributed by atoms with van der Waals surface area (Å²) in [7, 11) is 0. The van der Waals surface area contributed by atoms with Crippen molar-refractivity contribution in [2.24, 2.45) is 0 Å². The maximum Gasteiger partial charge on any atom is 0.292 e. The number of halogens is 1. The van der Waals surface area contributed by atoms with Gasteiger partial charge in [0, 0.05) is 10.6 Å². The van der Waals surface area contributed by atoms with Crippen molar-refractivity contribution in [2.75, 3.05) is 5.32 Å². The molecule has 0 bridgehead atoms. The Morgan fingerprint density at radius 1 is 0.969 bits per heavy atom. The molecule has 1 N–H and O–H groups in total. The predicted molar refractivity (Wildman–Crippen MR) is 129 cm³/mol. The quantitative estimate of drug-likeness (QED) is 0.270. The molecule has 32 heavy (non-hydrogen) atoms. The summed E-state index contributed by atoms with van der Waals surface area (Å²) in [5, 5.41) is 7.04. The number of thiophene rings is 1. The van der Waals surface area contributed by atoms with Gasteiger partial charge in [0.25, 0.3) is 5.91 Å². The largest absolute Gasteiger partial charge is 0.459 e. The molecule has 0 aliphatic rings. The first-order valence-electron chi connectivity index (χ1n) is 9.59. The van der Waals surface area contributed by atoms with E-state index in [0.717, 1.165) is 21.1 Å². The van der Waals surface area contributed by atoms with Gasteiger partial charge >= 0.3 is 0 Å². The minimum Gasteiger partial charge on any atom is -0.459 e. The molecule has 1 amide bonds. The average molecular weight is 479 g/mol. The van der Waals surface area contributed by atoms with E-state index in [9.17, 15) is 4.79 Å². The summed E-state index contributed by atoms with van der Waals surface area (Å²) in [6, 6.07) is 22.1. The van der Waals surface area contributed by atoms with Crippen LogP contribution in [0.3, 0.4) is 0 Å². The zero-order valence-corrected chi connectivity index (χ0v) is 18.8. The molecule has 0 radical (unpaired) electrons. The number of ether oxygens (including phenoxy) is 1. The fourth-order valence-corrected chi connectivity index (χ4v) is 4.88. The van der Waals surface area contributed by atoms with Gasteiger partial charge in [-0.15, -0.1) is 11.3 Å². The number of hydrogen-bond acceptors (Lipinski definition) is 6. The molecular formula is C24H15ClN2O3S2. The van der Waals surface area contributed by atoms with Crippen molar-refractivity contribution in [3.8, 4) is 32.6 Å². The second-order valence-electron chi connectivity index (χ2n) is 6.69. The molecule has 0 spiro atoms. The monoisotopic (exact) mass is 478 g/mol. The molecule has 0 unspecified atom stereocenters. The molecule has 0 aliphatic carbocycles. The van der Waals surface area contributed by atoms with Crippen molar-refractivity contribution < 1.29 is 13.9 Å². The zero-order valence-electron chi connectivity index (χ0n) is 16.4. The maximum absolute atomic E-state index is 12.5. The lowest BCUT2D eigenvalue weighted by molar-refractivity contribution is 0.0997. The van der Waals surface area contributed by atoms with E-state index in [0.29, 0.717) is 21.5 Å². The van der Waals surface area contributed by atoms with E-state index in [1.165, 1.54) is 17.6 Å². The third-order valence-corrected chi connectivity index (χ3v) is 6.65. The first kappa shape index (κ1) is 20.5. The molecule has 0 saturated carbocycles. The molecule has 8 heteroatoms. The summed E-state index contributed by atoms with van der Waals surface area (Å²) < 4.78 is 11.1. The smallest absolute Gasteiger partial charge is 0.292 e. The molecule has 5 rings (SSSR count). The van der Waals surface area contributed by atoms with Gasteiger partial charge in [-0.05, 0) is 72.1 Å². The van der Waals surface area contributed by atoms with E-state index in [1.54, 1.807) is 35.6 Å². The number of nitrogens with zero attached hydrogens (tertiary/aromatic N) is 1. The number of carbonyl (C=O) groups excluding carboxylic acids is 1. The first-order valence-corrected chi connectivity index (χ1v) is 11.7. The Morgan fingerprint density at radius 3 is 2.38 bits per heavy atom. The average Bonchev–Trinajstić information content (AvgIpc) is 3.57. The second kappa shape index (κ2) is 9.00. The summed E-state index contributed by atoms with van der Waals surface area (Å²) in [5.41, 5.74) is 1.66. The number of hydrogen-bond donors (Lipinski definition) is 1. The summed E-state index contributed by atoms with van der Waals surface area (Å²) in [6.07, 6.45) is 1.47. The highest BCUT2D eigenvalue weighted by molar-refractivity contribution is 7.20. The van der Waals surface area contributed by atoms with Gasteiger partial charge in [0.2, 0.25) is 0 Å². The van der Waals surface area contributed by atoms with Crippen molar-refractivity contribution >= 4 is 45.2 Å². The number of thiazole rings is 1. The van der Waals surface area contributed by atoms with Crippen LogP contribution in [-0.4, -0.2) is 10.9 Å². The van der Waals surface area contributed by atoms with Crippen LogP contribution in [0.4, 0.5) is 5.00 Å². The Kier molecular flexibility index (Phi) is 5.77. The van der Waals surface area contributed by atoms with Crippen LogP contribution in [0.5, 0.6) is 11.5 Å². The maximum atomic E-state index is 12.5. The summed E-state index contributed by atoms with van der Waals surface area (Å²) in [6.45, 7) is 0. The Labute approximate surface area is 196 Å². The Bertz CT molecular complexity index is 1330. The molecule has 5 nitrogen and oxygen atoms in total. The summed E-state index contributed by atoms with van der Waals surface area (Å²) in [5.74, 6) is 1.35. The van der Waals surface area contributed by atoms with Crippen LogP contribution in [0.25, 0.3) is 21.1 Å². The number of rotatable bonds is 6. The predicted octanol–water partition coefficient (Wildman–Crippen LogP) is 7.83. The second-order valence-corrected chi connectivity index (χ2v) is 9.07. The number of nitrogens with one attached hydrogen (secondary N) is 1. The van der Waals surface area contributed by atoms with E-state index in [1.807, 2.05) is 53.9 Å². The molecule has 2 aromatic carbocycles. The number of carbonyl (C=O) groups is 1. The lowest BCUT2D eigenvalue weighted by Gasteiger charge is -2.06. The van der Waals surface area contributed by atoms with Gasteiger partial charge in [0.1, 0.15) is 27.2 Å². The molecule has 0 saturated heterocycles. The lowest BCUT2D eigenvalue weighted by atomic mass is 10.2. The Balaban J connectivity index is 1.41. The van der Waals surface area contributed by atoms with Gasteiger partial charge in [-0.25, -0.2) is 4.98 Å². The van der Waals surface area contributed by atoms with Gasteiger partial charge in [0.15, 0.2) is 5.76 Å². The first-order chi connectivity index (χ1) is 15.7. The van der Waals surface area contributed by atoms with E-state index >= 15 is 0 Å². The van der Waals surface area contributed by atoms with E-state index in [4.69, 9.17) is 25.7 Å². The standard InChI is InChI=1S/C24H15ClN2O3S2/c25-16-7-11-18(12-8-16)30-17-9-5-15(6-10-17)23-26-21(20-4-2-14-31-20)24(32-23)27-22(28)19-3-1-13-29-19/h1-14H,(H,27,28). The highest BCUT2D eigenvalue weighted by Crippen LogP contribution is 2.40. The third kappa shape index (κ3) is 4.45. The number of benzene rings is 2. The number of furan rings is 1. The van der Waals surface area contributed by atoms with Gasteiger partial charge in [-0.1, -0.05) is 29.0 Å². The van der Waals surface area contributed by atoms with Crippen molar-refractivity contribution in [1.82, 2.24) is 4.98 Å². The van der Waals surface area contributed by atoms with Gasteiger partial charge < -0.3 is 14.5 Å². The van der Waals surface area contributed by atoms with Crippen molar-refractivity contribution in [2.45, 2.75) is 0 Å². The minimum absolute atomic E-state index is 0.251. The van der Waals surface area contributed by atoms with Gasteiger partial charge in [-0.3, -0.25) is 4.79 Å². The highest BCUT2D eigenvalue weighted by Gasteiger charge is 2.19. The van der Waals surface area contributed by atoms with Crippen molar-refractivity contribution in [3.05, 3.63) is 95.2 Å².